The fourth-order valence-electron chi connectivity index (χ4n) is 1.29. The van der Waals surface area contributed by atoms with Gasteiger partial charge in [-0.2, -0.15) is 0 Å². The molecular formula is C11H17N. The van der Waals surface area contributed by atoms with Gasteiger partial charge in [0, 0.05) is 6.04 Å². The molecule has 0 aliphatic heterocycles. The number of benzene rings is 1. The maximum atomic E-state index is 5.86. The van der Waals surface area contributed by atoms with Crippen LogP contribution in [0.3, 0.4) is 0 Å². The molecule has 1 rings (SSSR count). The third kappa shape index (κ3) is 2.67. The predicted octanol–water partition coefficient (Wildman–Crippen LogP) is 2.27. The Morgan fingerprint density at radius 1 is 1.42 bits per heavy atom. The molecule has 0 saturated heterocycles. The lowest BCUT2D eigenvalue weighted by Gasteiger charge is -2.08. The molecule has 1 aromatic rings. The molecule has 66 valence electrons. The summed E-state index contributed by atoms with van der Waals surface area (Å²) in [4.78, 5) is 0. The minimum Gasteiger partial charge on any atom is -0.327 e. The highest BCUT2D eigenvalue weighted by atomic mass is 14.6. The zero-order valence-electron chi connectivity index (χ0n) is 7.88. The van der Waals surface area contributed by atoms with E-state index in [1.807, 2.05) is 0 Å². The molecule has 0 unspecified atom stereocenters. The van der Waals surface area contributed by atoms with Crippen LogP contribution in [0.15, 0.2) is 24.3 Å². The van der Waals surface area contributed by atoms with Gasteiger partial charge < -0.3 is 5.73 Å². The second-order valence-corrected chi connectivity index (χ2v) is 3.36. The molecule has 0 saturated carbocycles. The molecule has 0 bridgehead atoms. The van der Waals surface area contributed by atoms with E-state index < -0.39 is 0 Å². The Labute approximate surface area is 74.6 Å². The minimum atomic E-state index is 0.312. The third-order valence-electron chi connectivity index (χ3n) is 2.10. The van der Waals surface area contributed by atoms with Gasteiger partial charge in [-0.25, -0.2) is 0 Å². The van der Waals surface area contributed by atoms with Crippen LogP contribution < -0.4 is 5.73 Å². The van der Waals surface area contributed by atoms with Crippen molar-refractivity contribution in [3.8, 4) is 0 Å². The number of aryl methyl sites for hydroxylation is 1. The molecular weight excluding hydrogens is 146 g/mol. The summed E-state index contributed by atoms with van der Waals surface area (Å²) in [6.45, 7) is 4.24. The highest BCUT2D eigenvalue weighted by Gasteiger charge is 2.00. The number of rotatable bonds is 3. The van der Waals surface area contributed by atoms with Crippen LogP contribution in [0.1, 0.15) is 24.5 Å². The molecule has 0 radical (unpaired) electrons. The van der Waals surface area contributed by atoms with Gasteiger partial charge >= 0.3 is 0 Å². The maximum Gasteiger partial charge on any atom is 0.00766 e. The third-order valence-corrected chi connectivity index (χ3v) is 2.10. The van der Waals surface area contributed by atoms with Crippen molar-refractivity contribution in [1.82, 2.24) is 0 Å². The van der Waals surface area contributed by atoms with Gasteiger partial charge in [0.1, 0.15) is 0 Å². The fourth-order valence-corrected chi connectivity index (χ4v) is 1.29. The van der Waals surface area contributed by atoms with Gasteiger partial charge in [-0.3, -0.25) is 0 Å². The van der Waals surface area contributed by atoms with Crippen LogP contribution >= 0.6 is 0 Å². The van der Waals surface area contributed by atoms with Crippen molar-refractivity contribution in [3.63, 3.8) is 0 Å². The summed E-state index contributed by atoms with van der Waals surface area (Å²) >= 11 is 0. The Balaban J connectivity index is 2.63. The Morgan fingerprint density at radius 3 is 2.75 bits per heavy atom. The van der Waals surface area contributed by atoms with Crippen LogP contribution in [0, 0.1) is 6.92 Å². The van der Waals surface area contributed by atoms with Crippen LogP contribution in [0.2, 0.25) is 0 Å². The van der Waals surface area contributed by atoms with E-state index in [0.29, 0.717) is 6.04 Å². The first-order valence-corrected chi connectivity index (χ1v) is 4.53. The minimum absolute atomic E-state index is 0.312. The summed E-state index contributed by atoms with van der Waals surface area (Å²) in [6.07, 6.45) is 2.05. The quantitative estimate of drug-likeness (QED) is 0.726. The molecule has 1 heteroatoms. The molecule has 0 fully saturated rings. The van der Waals surface area contributed by atoms with Gasteiger partial charge in [-0.1, -0.05) is 36.8 Å². The van der Waals surface area contributed by atoms with Crippen LogP contribution in [0.5, 0.6) is 0 Å². The van der Waals surface area contributed by atoms with Gasteiger partial charge in [-0.05, 0) is 25.3 Å². The largest absolute Gasteiger partial charge is 0.327 e. The fraction of sp³-hybridized carbons (Fsp3) is 0.455. The molecule has 2 N–H and O–H groups in total. The maximum absolute atomic E-state index is 5.86. The Kier molecular flexibility index (Phi) is 3.30. The summed E-state index contributed by atoms with van der Waals surface area (Å²) in [5.74, 6) is 0. The van der Waals surface area contributed by atoms with E-state index >= 15 is 0 Å². The molecule has 1 atom stereocenters. The van der Waals surface area contributed by atoms with Gasteiger partial charge in [0.05, 0.1) is 0 Å². The summed E-state index contributed by atoms with van der Waals surface area (Å²) in [6, 6.07) is 8.86. The Hall–Kier alpha value is -0.820. The first-order chi connectivity index (χ1) is 5.72. The lowest BCUT2D eigenvalue weighted by Crippen LogP contribution is -2.21. The lowest BCUT2D eigenvalue weighted by molar-refractivity contribution is 0.646. The molecule has 0 spiro atoms. The zero-order valence-corrected chi connectivity index (χ0v) is 7.88. The summed E-state index contributed by atoms with van der Waals surface area (Å²) < 4.78 is 0. The molecule has 1 nitrogen and oxygen atoms in total. The standard InChI is InChI=1S/C11H17N/c1-3-11(12)8-10-6-4-5-9(2)7-10/h4-7,11H,3,8,12H2,1-2H3/t11-/m0/s1. The number of hydrogen-bond donors (Lipinski definition) is 1. The first-order valence-electron chi connectivity index (χ1n) is 4.53. The van der Waals surface area contributed by atoms with Crippen molar-refractivity contribution >= 4 is 0 Å². The van der Waals surface area contributed by atoms with Crippen molar-refractivity contribution in [3.05, 3.63) is 35.4 Å². The van der Waals surface area contributed by atoms with Crippen LogP contribution in [-0.2, 0) is 6.42 Å². The summed E-state index contributed by atoms with van der Waals surface area (Å²) in [7, 11) is 0. The second-order valence-electron chi connectivity index (χ2n) is 3.36. The molecule has 0 aliphatic carbocycles. The van der Waals surface area contributed by atoms with Gasteiger partial charge in [-0.15, -0.1) is 0 Å². The predicted molar refractivity (Wildman–Crippen MR) is 53.1 cm³/mol. The Morgan fingerprint density at radius 2 is 2.17 bits per heavy atom. The molecule has 12 heavy (non-hydrogen) atoms. The average Bonchev–Trinajstić information content (AvgIpc) is 2.04. The molecule has 0 heterocycles. The summed E-state index contributed by atoms with van der Waals surface area (Å²) in [5.41, 5.74) is 8.52. The van der Waals surface area contributed by atoms with Crippen LogP contribution in [0.4, 0.5) is 0 Å². The average molecular weight is 163 g/mol. The topological polar surface area (TPSA) is 26.0 Å². The van der Waals surface area contributed by atoms with Crippen molar-refractivity contribution in [2.24, 2.45) is 5.73 Å². The summed E-state index contributed by atoms with van der Waals surface area (Å²) in [5, 5.41) is 0. The van der Waals surface area contributed by atoms with Crippen molar-refractivity contribution < 1.29 is 0 Å². The van der Waals surface area contributed by atoms with E-state index in [1.54, 1.807) is 0 Å². The molecule has 0 aromatic heterocycles. The van der Waals surface area contributed by atoms with Crippen LogP contribution in [0.25, 0.3) is 0 Å². The van der Waals surface area contributed by atoms with Gasteiger partial charge in [0.2, 0.25) is 0 Å². The highest BCUT2D eigenvalue weighted by molar-refractivity contribution is 5.22. The van der Waals surface area contributed by atoms with E-state index in [0.717, 1.165) is 12.8 Å². The SMILES string of the molecule is CC[C@H](N)Cc1cccc(C)c1. The van der Waals surface area contributed by atoms with Crippen molar-refractivity contribution in [2.45, 2.75) is 32.7 Å². The van der Waals surface area contributed by atoms with Gasteiger partial charge in [0.15, 0.2) is 0 Å². The van der Waals surface area contributed by atoms with E-state index in [2.05, 4.69) is 38.1 Å². The highest BCUT2D eigenvalue weighted by Crippen LogP contribution is 2.06. The molecule has 0 amide bonds. The smallest absolute Gasteiger partial charge is 0.00766 e. The number of nitrogens with two attached hydrogens (primary N) is 1. The van der Waals surface area contributed by atoms with E-state index in [4.69, 9.17) is 5.73 Å². The van der Waals surface area contributed by atoms with Crippen molar-refractivity contribution in [1.29, 1.82) is 0 Å². The number of hydrogen-bond acceptors (Lipinski definition) is 1. The lowest BCUT2D eigenvalue weighted by atomic mass is 10.0. The van der Waals surface area contributed by atoms with E-state index in [9.17, 15) is 0 Å². The Bertz CT molecular complexity index is 243. The van der Waals surface area contributed by atoms with Crippen molar-refractivity contribution in [2.75, 3.05) is 0 Å². The normalized spacial score (nSPS) is 12.9. The zero-order chi connectivity index (χ0) is 8.97. The second kappa shape index (κ2) is 4.27. The van der Waals surface area contributed by atoms with E-state index in [-0.39, 0.29) is 0 Å². The molecule has 0 aliphatic rings. The monoisotopic (exact) mass is 163 g/mol. The van der Waals surface area contributed by atoms with E-state index in [1.165, 1.54) is 11.1 Å². The molecule has 1 aromatic carbocycles. The van der Waals surface area contributed by atoms with Gasteiger partial charge in [0.25, 0.3) is 0 Å². The van der Waals surface area contributed by atoms with Crippen LogP contribution in [-0.4, -0.2) is 6.04 Å². The first kappa shape index (κ1) is 9.27.